The zero-order valence-corrected chi connectivity index (χ0v) is 86.2. The molecule has 100 heavy (non-hydrogen) atoms. The van der Waals surface area contributed by atoms with Gasteiger partial charge in [0.05, 0.1) is 22.5 Å². The minimum absolute atomic E-state index is 0.00283. The summed E-state index contributed by atoms with van der Waals surface area (Å²) in [5, 5.41) is 43.0. The predicted octanol–water partition coefficient (Wildman–Crippen LogP) is 14.4. The molecule has 0 aromatic carbocycles. The number of carboxylic acids is 2. The fourth-order valence-corrected chi connectivity index (χ4v) is 92.7. The summed E-state index contributed by atoms with van der Waals surface area (Å²) >= 11 is 19.0. The molecule has 576 valence electrons. The van der Waals surface area contributed by atoms with Crippen molar-refractivity contribution in [3.05, 3.63) is 23.3 Å². The highest BCUT2D eigenvalue weighted by Crippen LogP contribution is 2.78. The van der Waals surface area contributed by atoms with Crippen LogP contribution in [0.3, 0.4) is 0 Å². The van der Waals surface area contributed by atoms with Gasteiger partial charge in [-0.25, -0.2) is 0 Å². The molecule has 10 aliphatic rings. The van der Waals surface area contributed by atoms with Crippen LogP contribution in [0.5, 0.6) is 0 Å². The van der Waals surface area contributed by atoms with Crippen LogP contribution in [0.4, 0.5) is 0 Å². The van der Waals surface area contributed by atoms with Crippen molar-refractivity contribution in [2.75, 3.05) is 0 Å². The standard InChI is InChI=1S/C31H50O2.C29H46O4.S18.S16/c1-20-11-13-28(6)23(27(20,4)5)12-14-30(8)24(28)10-9-21-22-19-26(2,3)15-17-31(22,25(32)33)18-16-29(21,30)7;1-24(2)13-15-29(23(31)32)16-14-26(4)18(19(29)17-24)7-8-20-25(3)11-10-22(30)28(6,33)21(25)9-12-27(20,26)5;1-3-5-7-9-11-13-15-17-18-16-14-12-10-8-6-4-2;1-3-5-7-9-11-13-15-16-14-12-10-8-6-4-2/h9,20,22-24H,10-19H2,1-8H3,(H,32,33);7,19-22,30,33H,8-17H2,1-6H3,(H,31,32);;/t20-,22?,23-,24?,28?,29+,30-,31?;19?,20?,21-,22+,25?,26-,27+,28-,29?;;/m01../s1. The summed E-state index contributed by atoms with van der Waals surface area (Å²) in [6.07, 6.45) is 25.0. The van der Waals surface area contributed by atoms with Gasteiger partial charge >= 0.3 is 11.9 Å². The maximum atomic E-state index is 12.8. The Balaban J connectivity index is 0.000000197. The Hall–Kier alpha value is 5.82. The number of fused-ring (bicyclic) bond motifs is 14. The van der Waals surface area contributed by atoms with Crippen molar-refractivity contribution in [2.24, 2.45) is 101 Å². The van der Waals surface area contributed by atoms with E-state index in [-0.39, 0.29) is 55.7 Å². The Bertz CT molecular complexity index is 4410. The molecule has 10 aliphatic carbocycles. The van der Waals surface area contributed by atoms with Crippen molar-refractivity contribution in [3.8, 4) is 0 Å². The minimum atomic E-state index is -1.03. The van der Waals surface area contributed by atoms with Gasteiger partial charge in [-0.1, -0.05) is 113 Å². The van der Waals surface area contributed by atoms with E-state index in [0.717, 1.165) is 108 Å². The van der Waals surface area contributed by atoms with Crippen molar-refractivity contribution in [3.63, 3.8) is 0 Å². The number of rotatable bonds is 2. The van der Waals surface area contributed by atoms with E-state index in [9.17, 15) is 30.0 Å². The molecule has 17 atom stereocenters. The summed E-state index contributed by atoms with van der Waals surface area (Å²) in [7, 11) is 50.7. The van der Waals surface area contributed by atoms with Crippen LogP contribution in [-0.2, 0) is 321 Å². The van der Waals surface area contributed by atoms with Gasteiger partial charge in [-0.05, 0) is 226 Å². The Labute approximate surface area is 702 Å². The first-order valence-electron chi connectivity index (χ1n) is 32.9. The molecule has 0 spiro atoms. The Morgan fingerprint density at radius 3 is 0.990 bits per heavy atom. The molecule has 0 saturated heterocycles. The fourth-order valence-electron chi connectivity index (χ4n) is 21.4. The second-order valence-electron chi connectivity index (χ2n) is 31.9. The van der Waals surface area contributed by atoms with Gasteiger partial charge in [-0.3, -0.25) is 9.59 Å². The van der Waals surface area contributed by atoms with Crippen LogP contribution in [0, 0.1) is 101 Å². The van der Waals surface area contributed by atoms with E-state index >= 15 is 0 Å². The Morgan fingerprint density at radius 2 is 0.670 bits per heavy atom. The molecule has 0 aliphatic heterocycles. The van der Waals surface area contributed by atoms with E-state index in [1.54, 1.807) is 236 Å². The average Bonchev–Trinajstić information content (AvgIpc) is 0.684. The molecule has 0 aromatic heterocycles. The molecule has 40 heteroatoms. The number of allylic oxidation sites excluding steroid dienone is 4. The second-order valence-corrected chi connectivity index (χ2v) is 85.0. The Morgan fingerprint density at radius 1 is 0.380 bits per heavy atom. The first-order chi connectivity index (χ1) is 47.1. The first kappa shape index (κ1) is 93.0. The lowest BCUT2D eigenvalue weighted by molar-refractivity contribution is -0.234. The number of hydrogen-bond acceptors (Lipinski definition) is 8. The molecule has 0 bridgehead atoms. The van der Waals surface area contributed by atoms with Crippen LogP contribution >= 0.6 is 0 Å². The van der Waals surface area contributed by atoms with Gasteiger partial charge in [-0.15, -0.1) is 0 Å². The summed E-state index contributed by atoms with van der Waals surface area (Å²) < 4.78 is 0. The summed E-state index contributed by atoms with van der Waals surface area (Å²) in [6.45, 7) is 34.0. The number of carbonyl (C=O) groups is 2. The normalized spacial score (nSPS) is 38.0. The van der Waals surface area contributed by atoms with Crippen molar-refractivity contribution in [2.45, 2.75) is 237 Å². The van der Waals surface area contributed by atoms with Gasteiger partial charge in [0.15, 0.2) is 0 Å². The fraction of sp³-hybridized carbons (Fsp3) is 0.900. The molecular formula is C60H96O6S34. The zero-order valence-electron chi connectivity index (χ0n) is 58.4. The smallest absolute Gasteiger partial charge is 0.310 e. The molecule has 0 aromatic rings. The second kappa shape index (κ2) is 41.1. The van der Waals surface area contributed by atoms with Gasteiger partial charge in [0, 0.05) is 311 Å². The SMILES string of the molecule is CC1(C)CCC2(C(=O)O)CC[C@]3(C)C(=CCC4C5(C)CC[C@H](O)[C@](C)(O)[C@@H]5CC[C@@]43C)C2C1.C[C@H]1CCC2(C)C3CC=C4C5CC(C)(C)CCC5(C(=O)O)CC[C@@]4(C)[C@@]3(C)CC[C@H]2C1(C)C.S=S=S=S=S=S=S=S=S=S=S=S=S=S=S=S.S=S=S=S=S=S=S=S=S=S=S=S=S=S=S=S=S=S. The lowest BCUT2D eigenvalue weighted by Crippen LogP contribution is -2.67. The summed E-state index contributed by atoms with van der Waals surface area (Å²) in [6, 6.07) is 0. The zero-order chi connectivity index (χ0) is 73.7. The van der Waals surface area contributed by atoms with E-state index in [4.69, 9.17) is 44.8 Å². The topological polar surface area (TPSA) is 115 Å². The number of aliphatic hydroxyl groups excluding tert-OH is 1. The van der Waals surface area contributed by atoms with E-state index in [0.29, 0.717) is 23.2 Å². The van der Waals surface area contributed by atoms with E-state index in [2.05, 4.69) is 102 Å². The van der Waals surface area contributed by atoms with Gasteiger partial charge < -0.3 is 20.4 Å². The van der Waals surface area contributed by atoms with E-state index in [1.807, 2.05) is 6.92 Å². The van der Waals surface area contributed by atoms with Crippen molar-refractivity contribution in [1.29, 1.82) is 0 Å². The van der Waals surface area contributed by atoms with Crippen LogP contribution in [0.1, 0.15) is 225 Å². The summed E-state index contributed by atoms with van der Waals surface area (Å²) in [4.78, 5) is 25.5. The number of aliphatic carboxylic acids is 2. The van der Waals surface area contributed by atoms with Crippen LogP contribution < -0.4 is 0 Å². The lowest BCUT2D eigenvalue weighted by atomic mass is 9.33. The van der Waals surface area contributed by atoms with Gasteiger partial charge in [-0.2, -0.15) is 0 Å². The number of aliphatic hydroxyl groups is 2. The molecule has 10 rings (SSSR count). The third-order valence-corrected chi connectivity index (χ3v) is 89.3. The molecule has 8 saturated carbocycles. The van der Waals surface area contributed by atoms with Crippen LogP contribution in [-0.4, -0.2) is 44.1 Å². The highest BCUT2D eigenvalue weighted by molar-refractivity contribution is 8.78. The minimum Gasteiger partial charge on any atom is -0.481 e. The van der Waals surface area contributed by atoms with Crippen molar-refractivity contribution < 1.29 is 30.0 Å². The molecular weight excluding hydrogens is 1910 g/mol. The van der Waals surface area contributed by atoms with Crippen LogP contribution in [0.2, 0.25) is 0 Å². The van der Waals surface area contributed by atoms with Gasteiger partial charge in [0.1, 0.15) is 0 Å². The molecule has 4 N–H and O–H groups in total. The summed E-state index contributed by atoms with van der Waals surface area (Å²) in [5.74, 6) is 2.16. The molecule has 0 amide bonds. The molecule has 8 fully saturated rings. The molecule has 6 nitrogen and oxygen atoms in total. The largest absolute Gasteiger partial charge is 0.481 e. The van der Waals surface area contributed by atoms with E-state index in [1.165, 1.54) is 73.2 Å². The molecule has 8 unspecified atom stereocenters. The quantitative estimate of drug-likeness (QED) is 0.199. The first-order valence-corrected chi connectivity index (χ1v) is 75.6. The highest BCUT2D eigenvalue weighted by Gasteiger charge is 2.72. The number of carboxylic acid groups (broad SMARTS) is 2. The van der Waals surface area contributed by atoms with E-state index < -0.39 is 34.5 Å². The predicted molar refractivity (Wildman–Crippen MR) is 516 cm³/mol. The monoisotopic (exact) mass is 2000 g/mol. The highest BCUT2D eigenvalue weighted by atomic mass is 33.5. The van der Waals surface area contributed by atoms with Crippen LogP contribution in [0.25, 0.3) is 0 Å². The van der Waals surface area contributed by atoms with Crippen molar-refractivity contribution in [1.82, 2.24) is 0 Å². The van der Waals surface area contributed by atoms with Crippen LogP contribution in [0.15, 0.2) is 23.3 Å². The third kappa shape index (κ3) is 21.1. The average molecular weight is 2000 g/mol. The number of hydrogen-bond donors (Lipinski definition) is 4. The maximum Gasteiger partial charge on any atom is 0.310 e. The third-order valence-electron chi connectivity index (χ3n) is 27.1. The summed E-state index contributed by atoms with van der Waals surface area (Å²) in [5.41, 5.74) is 2.63. The lowest BCUT2D eigenvalue weighted by Gasteiger charge is -2.71. The van der Waals surface area contributed by atoms with Gasteiger partial charge in [0.25, 0.3) is 0 Å². The van der Waals surface area contributed by atoms with Crippen molar-refractivity contribution >= 4 is 323 Å². The molecule has 0 heterocycles. The maximum absolute atomic E-state index is 12.8. The molecule has 0 radical (unpaired) electrons. The Kier molecular flexibility index (Phi) is 38.2. The van der Waals surface area contributed by atoms with Gasteiger partial charge in [0.2, 0.25) is 0 Å².